The van der Waals surface area contributed by atoms with Crippen molar-refractivity contribution in [2.45, 2.75) is 26.9 Å². The van der Waals surface area contributed by atoms with Gasteiger partial charge in [-0.2, -0.15) is 17.7 Å². The lowest BCUT2D eigenvalue weighted by Crippen LogP contribution is -2.13. The summed E-state index contributed by atoms with van der Waals surface area (Å²) < 4.78 is 45.3. The number of aromatic nitrogens is 4. The zero-order valence-electron chi connectivity index (χ0n) is 13.8. The zero-order chi connectivity index (χ0) is 19.2. The predicted molar refractivity (Wildman–Crippen MR) is 83.2 cm³/mol. The first-order valence-electron chi connectivity index (χ1n) is 7.32. The minimum atomic E-state index is -4.76. The molecule has 0 aliphatic rings. The molecule has 0 fully saturated rings. The van der Waals surface area contributed by atoms with Gasteiger partial charge in [0.2, 0.25) is 11.6 Å². The molecule has 11 heteroatoms. The van der Waals surface area contributed by atoms with Gasteiger partial charge in [-0.3, -0.25) is 10.1 Å². The molecule has 2 heterocycles. The third-order valence-electron chi connectivity index (χ3n) is 3.82. The van der Waals surface area contributed by atoms with Gasteiger partial charge < -0.3 is 4.74 Å². The lowest BCUT2D eigenvalue weighted by Gasteiger charge is -2.12. The topological polar surface area (TPSA) is 95.5 Å². The molecule has 0 aliphatic carbocycles. The average molecular weight is 367 g/mol. The van der Waals surface area contributed by atoms with Crippen LogP contribution in [0.15, 0.2) is 18.2 Å². The van der Waals surface area contributed by atoms with E-state index in [0.29, 0.717) is 21.2 Å². The van der Waals surface area contributed by atoms with Crippen LogP contribution in [0.3, 0.4) is 0 Å². The Labute approximate surface area is 144 Å². The second-order valence-corrected chi connectivity index (χ2v) is 5.64. The number of benzene rings is 1. The summed E-state index contributed by atoms with van der Waals surface area (Å²) in [5, 5.41) is 21.6. The van der Waals surface area contributed by atoms with E-state index < -0.39 is 16.9 Å². The third-order valence-corrected chi connectivity index (χ3v) is 3.82. The molecule has 0 N–H and O–H groups in total. The fourth-order valence-corrected chi connectivity index (χ4v) is 2.33. The Morgan fingerprint density at radius 1 is 1.15 bits per heavy atom. The Morgan fingerprint density at radius 3 is 2.46 bits per heavy atom. The maximum absolute atomic E-state index is 13.1. The number of rotatable bonds is 3. The number of fused-ring (bicyclic) bond motifs is 1. The summed E-state index contributed by atoms with van der Waals surface area (Å²) in [6.45, 7) is 4.81. The SMILES string of the molecule is Cc1ccc([N+](=O)[O-])c(Oc2nn3c(C(F)(F)F)nnc3c(C)c2C)c1. The minimum absolute atomic E-state index is 0.0686. The maximum atomic E-state index is 13.1. The Morgan fingerprint density at radius 2 is 1.85 bits per heavy atom. The van der Waals surface area contributed by atoms with E-state index in [1.807, 2.05) is 0 Å². The van der Waals surface area contributed by atoms with Gasteiger partial charge in [0.05, 0.1) is 4.92 Å². The molecule has 2 aromatic heterocycles. The predicted octanol–water partition coefficient (Wildman–Crippen LogP) is 3.77. The van der Waals surface area contributed by atoms with E-state index in [0.717, 1.165) is 0 Å². The van der Waals surface area contributed by atoms with Crippen molar-refractivity contribution in [3.8, 4) is 11.6 Å². The first-order chi connectivity index (χ1) is 12.1. The lowest BCUT2D eigenvalue weighted by molar-refractivity contribution is -0.385. The van der Waals surface area contributed by atoms with E-state index in [9.17, 15) is 23.3 Å². The van der Waals surface area contributed by atoms with Crippen LogP contribution in [-0.2, 0) is 6.18 Å². The summed E-state index contributed by atoms with van der Waals surface area (Å²) in [5.74, 6) is -1.63. The van der Waals surface area contributed by atoms with Crippen LogP contribution in [0.25, 0.3) is 5.65 Å². The van der Waals surface area contributed by atoms with Crippen LogP contribution in [0.2, 0.25) is 0 Å². The summed E-state index contributed by atoms with van der Waals surface area (Å²) in [6, 6.07) is 4.20. The number of nitro groups is 1. The van der Waals surface area contributed by atoms with Crippen molar-refractivity contribution in [2.75, 3.05) is 0 Å². The third kappa shape index (κ3) is 2.91. The molecule has 3 aromatic rings. The number of nitro benzene ring substituents is 1. The van der Waals surface area contributed by atoms with Crippen LogP contribution in [0.1, 0.15) is 22.5 Å². The molecule has 1 aromatic carbocycles. The van der Waals surface area contributed by atoms with Crippen LogP contribution in [0.4, 0.5) is 18.9 Å². The van der Waals surface area contributed by atoms with Gasteiger partial charge in [0.1, 0.15) is 0 Å². The van der Waals surface area contributed by atoms with Crippen LogP contribution < -0.4 is 4.74 Å². The highest BCUT2D eigenvalue weighted by atomic mass is 19.4. The van der Waals surface area contributed by atoms with Gasteiger partial charge in [0, 0.05) is 17.2 Å². The Bertz CT molecular complexity index is 1030. The zero-order valence-corrected chi connectivity index (χ0v) is 13.8. The maximum Gasteiger partial charge on any atom is 0.453 e. The number of hydrogen-bond donors (Lipinski definition) is 0. The van der Waals surface area contributed by atoms with E-state index in [1.165, 1.54) is 18.2 Å². The van der Waals surface area contributed by atoms with Gasteiger partial charge in [-0.05, 0) is 32.4 Å². The quantitative estimate of drug-likeness (QED) is 0.516. The summed E-state index contributed by atoms with van der Waals surface area (Å²) in [4.78, 5) is 10.5. The van der Waals surface area contributed by atoms with Gasteiger partial charge in [-0.1, -0.05) is 6.07 Å². The normalized spacial score (nSPS) is 11.8. The summed E-state index contributed by atoms with van der Waals surface area (Å²) in [5.41, 5.74) is 1.05. The number of nitrogens with zero attached hydrogens (tertiary/aromatic N) is 5. The van der Waals surface area contributed by atoms with Crippen molar-refractivity contribution in [1.82, 2.24) is 19.8 Å². The number of ether oxygens (including phenoxy) is 1. The van der Waals surface area contributed by atoms with E-state index in [2.05, 4.69) is 15.3 Å². The van der Waals surface area contributed by atoms with Crippen LogP contribution >= 0.6 is 0 Å². The fraction of sp³-hybridized carbons (Fsp3) is 0.267. The van der Waals surface area contributed by atoms with E-state index in [1.54, 1.807) is 20.8 Å². The molecule has 0 aliphatic heterocycles. The van der Waals surface area contributed by atoms with E-state index >= 15 is 0 Å². The Kier molecular flexibility index (Phi) is 4.01. The molecule has 3 rings (SSSR count). The number of halogens is 3. The second kappa shape index (κ2) is 5.93. The molecule has 0 saturated heterocycles. The van der Waals surface area contributed by atoms with Crippen molar-refractivity contribution >= 4 is 11.3 Å². The molecule has 0 saturated carbocycles. The minimum Gasteiger partial charge on any atom is -0.430 e. The number of aryl methyl sites for hydroxylation is 2. The molecule has 0 spiro atoms. The van der Waals surface area contributed by atoms with Gasteiger partial charge >= 0.3 is 11.9 Å². The molecule has 8 nitrogen and oxygen atoms in total. The van der Waals surface area contributed by atoms with E-state index in [4.69, 9.17) is 4.74 Å². The molecule has 136 valence electrons. The molecule has 0 atom stereocenters. The molecular formula is C15H12F3N5O3. The number of alkyl halides is 3. The molecule has 26 heavy (non-hydrogen) atoms. The molecule has 0 amide bonds. The Balaban J connectivity index is 2.19. The smallest absolute Gasteiger partial charge is 0.430 e. The molecule has 0 unspecified atom stereocenters. The highest BCUT2D eigenvalue weighted by Crippen LogP contribution is 2.35. The monoisotopic (exact) mass is 367 g/mol. The highest BCUT2D eigenvalue weighted by molar-refractivity contribution is 5.55. The van der Waals surface area contributed by atoms with Crippen LogP contribution in [-0.4, -0.2) is 24.7 Å². The standard InChI is InChI=1S/C15H12F3N5O3/c1-7-4-5-10(23(24)25)11(6-7)26-13-9(3)8(2)12-19-20-14(15(16,17)18)22(12)21-13/h4-6H,1-3H3. The summed E-state index contributed by atoms with van der Waals surface area (Å²) in [6.07, 6.45) is -4.76. The van der Waals surface area contributed by atoms with Gasteiger partial charge in [0.15, 0.2) is 5.65 Å². The first kappa shape index (κ1) is 17.6. The van der Waals surface area contributed by atoms with Crippen molar-refractivity contribution < 1.29 is 22.8 Å². The van der Waals surface area contributed by atoms with E-state index in [-0.39, 0.29) is 23.0 Å². The van der Waals surface area contributed by atoms with Crippen molar-refractivity contribution in [1.29, 1.82) is 0 Å². The van der Waals surface area contributed by atoms with Gasteiger partial charge in [0.25, 0.3) is 5.82 Å². The molecule has 0 bridgehead atoms. The largest absolute Gasteiger partial charge is 0.453 e. The summed E-state index contributed by atoms with van der Waals surface area (Å²) >= 11 is 0. The molecular weight excluding hydrogens is 355 g/mol. The Hall–Kier alpha value is -3.24. The fourth-order valence-electron chi connectivity index (χ4n) is 2.33. The van der Waals surface area contributed by atoms with Gasteiger partial charge in [-0.25, -0.2) is 0 Å². The van der Waals surface area contributed by atoms with Crippen molar-refractivity contribution in [3.05, 3.63) is 50.8 Å². The highest BCUT2D eigenvalue weighted by Gasteiger charge is 2.38. The molecule has 0 radical (unpaired) electrons. The summed E-state index contributed by atoms with van der Waals surface area (Å²) in [7, 11) is 0. The van der Waals surface area contributed by atoms with Gasteiger partial charge in [-0.15, -0.1) is 15.3 Å². The van der Waals surface area contributed by atoms with Crippen LogP contribution in [0, 0.1) is 30.9 Å². The van der Waals surface area contributed by atoms with Crippen LogP contribution in [0.5, 0.6) is 11.6 Å². The first-order valence-corrected chi connectivity index (χ1v) is 7.32. The number of hydrogen-bond acceptors (Lipinski definition) is 6. The average Bonchev–Trinajstić information content (AvgIpc) is 2.96. The second-order valence-electron chi connectivity index (χ2n) is 5.64. The lowest BCUT2D eigenvalue weighted by atomic mass is 10.2. The van der Waals surface area contributed by atoms with Crippen molar-refractivity contribution in [2.24, 2.45) is 0 Å². The van der Waals surface area contributed by atoms with Crippen molar-refractivity contribution in [3.63, 3.8) is 0 Å².